The Balaban J connectivity index is 0. The van der Waals surface area contributed by atoms with Gasteiger partial charge in [0.1, 0.15) is 7.15 Å². The van der Waals surface area contributed by atoms with Crippen molar-refractivity contribution in [2.75, 3.05) is 0 Å². The van der Waals surface area contributed by atoms with Crippen molar-refractivity contribution >= 4 is 17.2 Å². The summed E-state index contributed by atoms with van der Waals surface area (Å²) in [6.07, 6.45) is 0. The smallest absolute Gasteiger partial charge is 0.131 e. The van der Waals surface area contributed by atoms with Gasteiger partial charge in [0.05, 0.1) is 0 Å². The van der Waals surface area contributed by atoms with Crippen LogP contribution in [0, 0.1) is 0 Å². The van der Waals surface area contributed by atoms with E-state index in [4.69, 9.17) is 9.79 Å². The van der Waals surface area contributed by atoms with Crippen LogP contribution in [0.4, 0.5) is 0 Å². The van der Waals surface area contributed by atoms with Crippen LogP contribution in [-0.4, -0.2) is 20.3 Å². The maximum Gasteiger partial charge on any atom is 0.131 e. The molecule has 0 saturated heterocycles. The molecule has 0 heterocycles. The topological polar surface area (TPSA) is 40.5 Å². The predicted octanol–water partition coefficient (Wildman–Crippen LogP) is 1.36. The zero-order valence-electron chi connectivity index (χ0n) is 7.37. The summed E-state index contributed by atoms with van der Waals surface area (Å²) >= 11 is 0. The van der Waals surface area contributed by atoms with Gasteiger partial charge in [-0.1, -0.05) is 27.7 Å². The molecule has 5 heteroatoms. The Morgan fingerprint density at radius 1 is 1.00 bits per heavy atom. The van der Waals surface area contributed by atoms with Gasteiger partial charge in [-0.2, -0.15) is 0 Å². The minimum absolute atomic E-state index is 0. The molecule has 0 unspecified atom stereocenters. The van der Waals surface area contributed by atoms with Gasteiger partial charge in [0.2, 0.25) is 0 Å². The van der Waals surface area contributed by atoms with Gasteiger partial charge in [-0.15, -0.1) is 10.1 Å². The molecule has 0 aromatic heterocycles. The molecular formula is C6H17MoO2PS. The summed E-state index contributed by atoms with van der Waals surface area (Å²) in [6, 6.07) is 0. The Labute approximate surface area is 86.2 Å². The molecule has 0 saturated carbocycles. The Hall–Kier alpha value is 1.39. The molecule has 0 fully saturated rings. The number of hydrogen-bond donors (Lipinski definition) is 2. The Morgan fingerprint density at radius 2 is 1.27 bits per heavy atom. The van der Waals surface area contributed by atoms with E-state index in [9.17, 15) is 0 Å². The third kappa shape index (κ3) is 5.60. The summed E-state index contributed by atoms with van der Waals surface area (Å²) in [5, 5.41) is 0.813. The fourth-order valence-corrected chi connectivity index (χ4v) is 5.43. The molecule has 0 aliphatic heterocycles. The Kier molecular flexibility index (Phi) is 9.28. The maximum absolute atomic E-state index is 9.02. The molecule has 0 atom stereocenters. The molecule has 0 rings (SSSR count). The van der Waals surface area contributed by atoms with E-state index in [2.05, 4.69) is 0 Å². The van der Waals surface area contributed by atoms with Crippen molar-refractivity contribution in [1.29, 1.82) is 0 Å². The second-order valence-corrected chi connectivity index (χ2v) is 8.46. The molecule has 0 aromatic rings. The predicted molar refractivity (Wildman–Crippen MR) is 50.4 cm³/mol. The average Bonchev–Trinajstić information content (AvgIpc) is 1.59. The molecule has 70 valence electrons. The van der Waals surface area contributed by atoms with Crippen molar-refractivity contribution in [3.05, 3.63) is 0 Å². The van der Waals surface area contributed by atoms with Crippen molar-refractivity contribution in [3.63, 3.8) is 0 Å². The summed E-state index contributed by atoms with van der Waals surface area (Å²) in [7, 11) is -2.21. The summed E-state index contributed by atoms with van der Waals surface area (Å²) in [5.41, 5.74) is 0. The zero-order valence-corrected chi connectivity index (χ0v) is 11.2. The van der Waals surface area contributed by atoms with Gasteiger partial charge >= 0.3 is 0 Å². The van der Waals surface area contributed by atoms with E-state index in [1.807, 2.05) is 27.7 Å². The fourth-order valence-electron chi connectivity index (χ4n) is 0.966. The normalized spacial score (nSPS) is 11.5. The minimum Gasteiger partial charge on any atom is -0.351 e. The second kappa shape index (κ2) is 6.86. The van der Waals surface area contributed by atoms with Crippen LogP contribution in [0.2, 0.25) is 0 Å². The molecule has 0 aromatic carbocycles. The largest absolute Gasteiger partial charge is 0.351 e. The van der Waals surface area contributed by atoms with Crippen LogP contribution in [-0.2, 0) is 31.1 Å². The van der Waals surface area contributed by atoms with Crippen molar-refractivity contribution in [3.8, 4) is 0 Å². The van der Waals surface area contributed by atoms with E-state index in [0.717, 1.165) is 0 Å². The standard InChI is InChI=1S/C6H17O2PS.Mo/c1-5(2)10(6(3)4)9(7)8;/h5-9H,1-4H3;. The van der Waals surface area contributed by atoms with Crippen molar-refractivity contribution in [1.82, 2.24) is 0 Å². The Bertz CT molecular complexity index is 134. The molecule has 11 heavy (non-hydrogen) atoms. The molecule has 0 aliphatic rings. The molecule has 0 aliphatic carbocycles. The van der Waals surface area contributed by atoms with Gasteiger partial charge in [0.25, 0.3) is 0 Å². The van der Waals surface area contributed by atoms with Crippen LogP contribution in [0.1, 0.15) is 27.7 Å². The van der Waals surface area contributed by atoms with Crippen LogP contribution in [0.15, 0.2) is 0 Å². The van der Waals surface area contributed by atoms with E-state index in [0.29, 0.717) is 10.5 Å². The van der Waals surface area contributed by atoms with Gasteiger partial charge in [-0.05, 0) is 10.5 Å². The second-order valence-electron chi connectivity index (χ2n) is 2.75. The summed E-state index contributed by atoms with van der Waals surface area (Å²) in [6.45, 7) is 8.17. The van der Waals surface area contributed by atoms with Crippen LogP contribution in [0.25, 0.3) is 0 Å². The summed E-state index contributed by atoms with van der Waals surface area (Å²) < 4.78 is 0. The van der Waals surface area contributed by atoms with Gasteiger partial charge in [-0.3, -0.25) is 0 Å². The molecular weight excluding hydrogens is 263 g/mol. The third-order valence-corrected chi connectivity index (χ3v) is 7.77. The molecule has 2 nitrogen and oxygen atoms in total. The molecule has 2 N–H and O–H groups in total. The zero-order chi connectivity index (χ0) is 8.31. The van der Waals surface area contributed by atoms with E-state index in [1.165, 1.54) is 0 Å². The first-order valence-corrected chi connectivity index (χ1v) is 6.90. The first-order valence-electron chi connectivity index (χ1n) is 3.43. The quantitative estimate of drug-likeness (QED) is 0.592. The Morgan fingerprint density at radius 3 is 1.27 bits per heavy atom. The third-order valence-electron chi connectivity index (χ3n) is 1.23. The SMILES string of the molecule is CC(C)S(C(C)C)=[PH](O)O.[Mo]. The van der Waals surface area contributed by atoms with E-state index in [1.54, 1.807) is 0 Å². The van der Waals surface area contributed by atoms with E-state index in [-0.39, 0.29) is 31.1 Å². The summed E-state index contributed by atoms with van der Waals surface area (Å²) in [5.74, 6) is 0. The molecule has 0 bridgehead atoms. The number of hydrogen-bond acceptors (Lipinski definition) is 0. The molecule has 0 amide bonds. The van der Waals surface area contributed by atoms with E-state index < -0.39 is 7.15 Å². The van der Waals surface area contributed by atoms with Gasteiger partial charge in [0, 0.05) is 21.1 Å². The first-order chi connectivity index (χ1) is 4.46. The first kappa shape index (κ1) is 14.9. The van der Waals surface area contributed by atoms with Crippen molar-refractivity contribution < 1.29 is 30.9 Å². The minimum atomic E-state index is -2.04. The van der Waals surface area contributed by atoms with Crippen LogP contribution in [0.3, 0.4) is 0 Å². The van der Waals surface area contributed by atoms with Crippen LogP contribution in [0.5, 0.6) is 0 Å². The van der Waals surface area contributed by atoms with Crippen molar-refractivity contribution in [2.45, 2.75) is 38.2 Å². The maximum atomic E-state index is 9.02. The molecule has 0 radical (unpaired) electrons. The van der Waals surface area contributed by atoms with Crippen molar-refractivity contribution in [2.24, 2.45) is 0 Å². The van der Waals surface area contributed by atoms with Gasteiger partial charge < -0.3 is 9.79 Å². The number of rotatable bonds is 2. The molecule has 0 spiro atoms. The monoisotopic (exact) mass is 282 g/mol. The summed E-state index contributed by atoms with van der Waals surface area (Å²) in [4.78, 5) is 18.0. The van der Waals surface area contributed by atoms with Crippen LogP contribution < -0.4 is 0 Å². The van der Waals surface area contributed by atoms with Gasteiger partial charge in [0.15, 0.2) is 0 Å². The van der Waals surface area contributed by atoms with Gasteiger partial charge in [-0.25, -0.2) is 0 Å². The van der Waals surface area contributed by atoms with E-state index >= 15 is 0 Å². The van der Waals surface area contributed by atoms with Crippen LogP contribution >= 0.6 is 7.15 Å². The fraction of sp³-hybridized carbons (Fsp3) is 1.00. The average molecular weight is 280 g/mol.